The molecule has 0 radical (unpaired) electrons. The van der Waals surface area contributed by atoms with E-state index in [1.54, 1.807) is 17.0 Å². The molecule has 7 nitrogen and oxygen atoms in total. The van der Waals surface area contributed by atoms with Gasteiger partial charge in [0.15, 0.2) is 6.61 Å². The van der Waals surface area contributed by atoms with Crippen molar-refractivity contribution in [1.29, 1.82) is 0 Å². The topological polar surface area (TPSA) is 79.1 Å². The maximum absolute atomic E-state index is 13.7. The maximum Gasteiger partial charge on any atom is 0.422 e. The van der Waals surface area contributed by atoms with Crippen molar-refractivity contribution in [3.8, 4) is 5.75 Å². The molecule has 0 aromatic heterocycles. The van der Waals surface area contributed by atoms with Crippen LogP contribution in [0.5, 0.6) is 5.75 Å². The van der Waals surface area contributed by atoms with Crippen LogP contribution in [0.2, 0.25) is 0 Å². The van der Waals surface area contributed by atoms with Gasteiger partial charge in [-0.3, -0.25) is 9.69 Å². The minimum atomic E-state index is -4.40. The zero-order chi connectivity index (χ0) is 30.7. The van der Waals surface area contributed by atoms with Crippen LogP contribution in [0.4, 0.5) is 18.0 Å². The van der Waals surface area contributed by atoms with Crippen LogP contribution in [0.3, 0.4) is 0 Å². The molecule has 2 saturated heterocycles. The number of piperidine rings is 1. The van der Waals surface area contributed by atoms with E-state index in [4.69, 9.17) is 10.5 Å². The third kappa shape index (κ3) is 7.96. The number of urea groups is 1. The molecule has 4 atom stereocenters. The van der Waals surface area contributed by atoms with Gasteiger partial charge < -0.3 is 20.3 Å². The normalized spacial score (nSPS) is 23.0. The summed E-state index contributed by atoms with van der Waals surface area (Å²) in [6.07, 6.45) is -2.43. The Morgan fingerprint density at radius 2 is 1.60 bits per heavy atom. The molecule has 10 heteroatoms. The number of nitrogens with zero attached hydrogens (tertiary/aromatic N) is 3. The van der Waals surface area contributed by atoms with Gasteiger partial charge in [0, 0.05) is 44.7 Å². The predicted octanol–water partition coefficient (Wildman–Crippen LogP) is 5.85. The van der Waals surface area contributed by atoms with E-state index in [0.29, 0.717) is 32.6 Å². The Labute approximate surface area is 246 Å². The number of piperazine rings is 1. The Balaban J connectivity index is 1.52. The Bertz CT molecular complexity index is 1200. The Kier molecular flexibility index (Phi) is 9.75. The fourth-order valence-electron chi connectivity index (χ4n) is 6.39. The number of primary amides is 1. The van der Waals surface area contributed by atoms with E-state index in [9.17, 15) is 22.8 Å². The van der Waals surface area contributed by atoms with E-state index in [-0.39, 0.29) is 41.1 Å². The molecule has 2 aromatic rings. The fourth-order valence-corrected chi connectivity index (χ4v) is 6.39. The molecular formula is C32H43F3N4O3. The molecule has 0 aliphatic carbocycles. The number of rotatable bonds is 7. The number of amides is 3. The highest BCUT2D eigenvalue weighted by atomic mass is 19.4. The van der Waals surface area contributed by atoms with Crippen LogP contribution in [0.25, 0.3) is 0 Å². The second-order valence-corrected chi connectivity index (χ2v) is 12.7. The molecule has 4 rings (SSSR count). The molecule has 2 aliphatic heterocycles. The largest absolute Gasteiger partial charge is 0.484 e. The molecule has 0 bridgehead atoms. The number of hydrogen-bond acceptors (Lipinski definition) is 4. The van der Waals surface area contributed by atoms with Gasteiger partial charge in [-0.15, -0.1) is 0 Å². The number of carbonyl (C=O) groups excluding carboxylic acids is 2. The summed E-state index contributed by atoms with van der Waals surface area (Å²) in [6.45, 7) is 9.56. The van der Waals surface area contributed by atoms with Crippen LogP contribution in [0, 0.1) is 11.3 Å². The molecule has 2 fully saturated rings. The highest BCUT2D eigenvalue weighted by molar-refractivity contribution is 5.77. The van der Waals surface area contributed by atoms with Crippen molar-refractivity contribution in [2.75, 3.05) is 32.8 Å². The Hall–Kier alpha value is -3.27. The minimum absolute atomic E-state index is 0.0150. The summed E-state index contributed by atoms with van der Waals surface area (Å²) < 4.78 is 42.9. The zero-order valence-electron chi connectivity index (χ0n) is 24.9. The van der Waals surface area contributed by atoms with Crippen molar-refractivity contribution in [3.63, 3.8) is 0 Å². The summed E-state index contributed by atoms with van der Waals surface area (Å²) in [5, 5.41) is 0. The lowest BCUT2D eigenvalue weighted by Gasteiger charge is -2.50. The van der Waals surface area contributed by atoms with Gasteiger partial charge in [-0.2, -0.15) is 13.2 Å². The average Bonchev–Trinajstić information content (AvgIpc) is 2.92. The summed E-state index contributed by atoms with van der Waals surface area (Å²) in [4.78, 5) is 31.5. The van der Waals surface area contributed by atoms with Crippen LogP contribution in [-0.2, 0) is 4.79 Å². The lowest BCUT2D eigenvalue weighted by atomic mass is 9.82. The number of nitrogens with two attached hydrogens (primary N) is 1. The van der Waals surface area contributed by atoms with Crippen LogP contribution >= 0.6 is 0 Å². The molecule has 0 spiro atoms. The maximum atomic E-state index is 13.7. The first kappa shape index (κ1) is 31.7. The first-order chi connectivity index (χ1) is 19.7. The van der Waals surface area contributed by atoms with Crippen molar-refractivity contribution < 1.29 is 27.5 Å². The van der Waals surface area contributed by atoms with Crippen LogP contribution in [0.1, 0.15) is 64.1 Å². The van der Waals surface area contributed by atoms with Gasteiger partial charge >= 0.3 is 12.2 Å². The fraction of sp³-hybridized carbons (Fsp3) is 0.562. The first-order valence-electron chi connectivity index (χ1n) is 14.7. The average molecular weight is 589 g/mol. The minimum Gasteiger partial charge on any atom is -0.484 e. The number of hydrogen-bond donors (Lipinski definition) is 1. The molecule has 2 aliphatic rings. The molecule has 42 heavy (non-hydrogen) atoms. The van der Waals surface area contributed by atoms with Gasteiger partial charge in [0.1, 0.15) is 5.75 Å². The second kappa shape index (κ2) is 12.9. The van der Waals surface area contributed by atoms with Crippen molar-refractivity contribution >= 4 is 11.9 Å². The highest BCUT2D eigenvalue weighted by Crippen LogP contribution is 2.37. The van der Waals surface area contributed by atoms with E-state index < -0.39 is 18.8 Å². The lowest BCUT2D eigenvalue weighted by Crippen LogP contribution is -2.60. The van der Waals surface area contributed by atoms with Crippen molar-refractivity contribution in [1.82, 2.24) is 14.7 Å². The first-order valence-corrected chi connectivity index (χ1v) is 14.7. The van der Waals surface area contributed by atoms with Crippen LogP contribution in [0.15, 0.2) is 54.6 Å². The lowest BCUT2D eigenvalue weighted by molar-refractivity contribution is -0.153. The molecule has 2 heterocycles. The Morgan fingerprint density at radius 1 is 0.952 bits per heavy atom. The van der Waals surface area contributed by atoms with E-state index in [2.05, 4.69) is 37.8 Å². The smallest absolute Gasteiger partial charge is 0.422 e. The van der Waals surface area contributed by atoms with Crippen LogP contribution in [-0.4, -0.2) is 77.7 Å². The number of alkyl halides is 3. The monoisotopic (exact) mass is 588 g/mol. The summed E-state index contributed by atoms with van der Waals surface area (Å²) in [5.41, 5.74) is 7.34. The van der Waals surface area contributed by atoms with E-state index >= 15 is 0 Å². The molecule has 2 unspecified atom stereocenters. The highest BCUT2D eigenvalue weighted by Gasteiger charge is 2.41. The summed E-state index contributed by atoms with van der Waals surface area (Å²) >= 11 is 0. The van der Waals surface area contributed by atoms with Crippen molar-refractivity contribution in [3.05, 3.63) is 65.7 Å². The molecule has 2 N–H and O–H groups in total. The third-order valence-corrected chi connectivity index (χ3v) is 8.54. The van der Waals surface area contributed by atoms with Gasteiger partial charge in [-0.25, -0.2) is 4.79 Å². The molecule has 2 aromatic carbocycles. The second-order valence-electron chi connectivity index (χ2n) is 12.7. The SMILES string of the molecule is C[C@@H]1CC(CC(=O)N2CCN(C(c3ccccc3)c3ccc(OCC(F)(F)F)cc3)C[C@@H]2C(C)(C)C)CCN1C(N)=O. The number of benzene rings is 2. The third-order valence-electron chi connectivity index (χ3n) is 8.54. The molecule has 3 amide bonds. The number of ether oxygens (including phenoxy) is 1. The van der Waals surface area contributed by atoms with Gasteiger partial charge in [0.25, 0.3) is 0 Å². The zero-order valence-corrected chi connectivity index (χ0v) is 24.9. The summed E-state index contributed by atoms with van der Waals surface area (Å²) in [5.74, 6) is 0.514. The van der Waals surface area contributed by atoms with E-state index in [1.807, 2.05) is 42.2 Å². The summed E-state index contributed by atoms with van der Waals surface area (Å²) in [7, 11) is 0. The molecular weight excluding hydrogens is 545 g/mol. The number of halogens is 3. The van der Waals surface area contributed by atoms with Gasteiger partial charge in [-0.1, -0.05) is 63.2 Å². The van der Waals surface area contributed by atoms with Crippen molar-refractivity contribution in [2.45, 2.75) is 71.3 Å². The quantitative estimate of drug-likeness (QED) is 0.441. The van der Waals surface area contributed by atoms with E-state index in [0.717, 1.165) is 24.0 Å². The van der Waals surface area contributed by atoms with Crippen LogP contribution < -0.4 is 10.5 Å². The van der Waals surface area contributed by atoms with Gasteiger partial charge in [-0.05, 0) is 54.4 Å². The molecule has 0 saturated carbocycles. The van der Waals surface area contributed by atoms with Crippen molar-refractivity contribution in [2.24, 2.45) is 17.1 Å². The van der Waals surface area contributed by atoms with Gasteiger partial charge in [0.05, 0.1) is 6.04 Å². The summed E-state index contributed by atoms with van der Waals surface area (Å²) in [6, 6.07) is 16.3. The Morgan fingerprint density at radius 3 is 2.17 bits per heavy atom. The standard InChI is InChI=1S/C32H43F3N4O3/c1-22-18-23(14-15-38(22)30(36)41)19-28(40)39-17-16-37(20-27(39)31(2,3)4)29(24-8-6-5-7-9-24)25-10-12-26(13-11-25)42-21-32(33,34)35/h5-13,22-23,27,29H,14-21H2,1-4H3,(H2,36,41)/t22-,23?,27-,29?/m1/s1. The van der Waals surface area contributed by atoms with Gasteiger partial charge in [0.2, 0.25) is 5.91 Å². The number of likely N-dealkylation sites (tertiary alicyclic amines) is 1. The number of carbonyl (C=O) groups is 2. The molecule has 230 valence electrons. The van der Waals surface area contributed by atoms with E-state index in [1.165, 1.54) is 0 Å². The predicted molar refractivity (Wildman–Crippen MR) is 156 cm³/mol.